The molecule has 3 rings (SSSR count). The monoisotopic (exact) mass is 404 g/mol. The number of anilines is 1. The van der Waals surface area contributed by atoms with Crippen LogP contribution in [0.3, 0.4) is 0 Å². The average molecular weight is 405 g/mol. The van der Waals surface area contributed by atoms with Crippen molar-refractivity contribution in [3.63, 3.8) is 0 Å². The summed E-state index contributed by atoms with van der Waals surface area (Å²) in [5, 5.41) is 4.49. The third-order valence-corrected chi connectivity index (χ3v) is 4.21. The molecule has 0 aliphatic rings. The Kier molecular flexibility index (Phi) is 5.23. The molecule has 2 aromatic carbocycles. The fourth-order valence-electron chi connectivity index (χ4n) is 2.48. The highest BCUT2D eigenvalue weighted by Crippen LogP contribution is 2.30. The van der Waals surface area contributed by atoms with Gasteiger partial charge in [-0.05, 0) is 46.6 Å². The lowest BCUT2D eigenvalue weighted by atomic mass is 10.1. The van der Waals surface area contributed by atoms with Gasteiger partial charge in [0.2, 0.25) is 0 Å². The standard InChI is InChI=1S/C18H17BrN2O4/c1-2-23-16(22)9-12-5-3-4-6-15(12)24-10-11-7-13-17(14(19)8-11)25-21-18(13)20/h3-8H,2,9-10H2,1H3,(H2,20,21). The summed E-state index contributed by atoms with van der Waals surface area (Å²) in [5.74, 6) is 0.699. The van der Waals surface area contributed by atoms with Crippen molar-refractivity contribution in [3.8, 4) is 5.75 Å². The molecule has 6 nitrogen and oxygen atoms in total. The van der Waals surface area contributed by atoms with Crippen LogP contribution < -0.4 is 10.5 Å². The van der Waals surface area contributed by atoms with E-state index in [0.717, 1.165) is 21.0 Å². The van der Waals surface area contributed by atoms with E-state index in [4.69, 9.17) is 19.7 Å². The number of nitrogens with zero attached hydrogens (tertiary/aromatic N) is 1. The molecule has 0 unspecified atom stereocenters. The largest absolute Gasteiger partial charge is 0.489 e. The lowest BCUT2D eigenvalue weighted by Gasteiger charge is -2.11. The number of hydrogen-bond acceptors (Lipinski definition) is 6. The fourth-order valence-corrected chi connectivity index (χ4v) is 3.06. The van der Waals surface area contributed by atoms with Crippen molar-refractivity contribution < 1.29 is 18.8 Å². The maximum atomic E-state index is 11.7. The summed E-state index contributed by atoms with van der Waals surface area (Å²) >= 11 is 3.45. The van der Waals surface area contributed by atoms with Gasteiger partial charge in [0.1, 0.15) is 12.4 Å². The summed E-state index contributed by atoms with van der Waals surface area (Å²) in [5.41, 5.74) is 8.10. The van der Waals surface area contributed by atoms with Crippen molar-refractivity contribution in [2.24, 2.45) is 0 Å². The van der Waals surface area contributed by atoms with Crippen LogP contribution in [0, 0.1) is 0 Å². The average Bonchev–Trinajstić information content (AvgIpc) is 2.96. The molecule has 130 valence electrons. The molecular formula is C18H17BrN2O4. The Balaban J connectivity index is 1.78. The molecule has 1 heterocycles. The predicted octanol–water partition coefficient (Wildman–Crippen LogP) is 3.86. The smallest absolute Gasteiger partial charge is 0.310 e. The third kappa shape index (κ3) is 3.93. The number of ether oxygens (including phenoxy) is 2. The van der Waals surface area contributed by atoms with Gasteiger partial charge in [-0.3, -0.25) is 4.79 Å². The van der Waals surface area contributed by atoms with E-state index in [2.05, 4.69) is 21.1 Å². The second-order valence-corrected chi connectivity index (χ2v) is 6.25. The van der Waals surface area contributed by atoms with Crippen molar-refractivity contribution in [1.29, 1.82) is 0 Å². The van der Waals surface area contributed by atoms with Gasteiger partial charge in [-0.15, -0.1) is 0 Å². The summed E-state index contributed by atoms with van der Waals surface area (Å²) < 4.78 is 16.8. The van der Waals surface area contributed by atoms with E-state index in [-0.39, 0.29) is 12.4 Å². The summed E-state index contributed by atoms with van der Waals surface area (Å²) in [7, 11) is 0. The van der Waals surface area contributed by atoms with Crippen molar-refractivity contribution >= 4 is 38.7 Å². The van der Waals surface area contributed by atoms with Gasteiger partial charge in [-0.2, -0.15) is 0 Å². The topological polar surface area (TPSA) is 87.6 Å². The molecule has 2 N–H and O–H groups in total. The fraction of sp³-hybridized carbons (Fsp3) is 0.222. The molecule has 1 aromatic heterocycles. The third-order valence-electron chi connectivity index (χ3n) is 3.62. The van der Waals surface area contributed by atoms with Crippen molar-refractivity contribution in [3.05, 3.63) is 52.0 Å². The molecule has 0 saturated carbocycles. The first kappa shape index (κ1) is 17.3. The highest BCUT2D eigenvalue weighted by atomic mass is 79.9. The maximum absolute atomic E-state index is 11.7. The highest BCUT2D eigenvalue weighted by Gasteiger charge is 2.13. The Morgan fingerprint density at radius 2 is 2.12 bits per heavy atom. The van der Waals surface area contributed by atoms with E-state index in [9.17, 15) is 4.79 Å². The van der Waals surface area contributed by atoms with E-state index < -0.39 is 0 Å². The van der Waals surface area contributed by atoms with Crippen molar-refractivity contribution in [2.45, 2.75) is 20.0 Å². The Morgan fingerprint density at radius 1 is 1.32 bits per heavy atom. The molecule has 0 bridgehead atoms. The maximum Gasteiger partial charge on any atom is 0.310 e. The van der Waals surface area contributed by atoms with E-state index >= 15 is 0 Å². The zero-order valence-electron chi connectivity index (χ0n) is 13.6. The zero-order valence-corrected chi connectivity index (χ0v) is 15.2. The van der Waals surface area contributed by atoms with Gasteiger partial charge in [0.15, 0.2) is 11.4 Å². The number of nitrogens with two attached hydrogens (primary N) is 1. The van der Waals surface area contributed by atoms with Gasteiger partial charge < -0.3 is 19.7 Å². The van der Waals surface area contributed by atoms with Gasteiger partial charge in [0, 0.05) is 5.56 Å². The Bertz CT molecular complexity index is 907. The normalized spacial score (nSPS) is 10.8. The molecule has 0 fully saturated rings. The molecule has 25 heavy (non-hydrogen) atoms. The number of fused-ring (bicyclic) bond motifs is 1. The van der Waals surface area contributed by atoms with Crippen molar-refractivity contribution in [1.82, 2.24) is 5.16 Å². The van der Waals surface area contributed by atoms with Crippen LogP contribution >= 0.6 is 15.9 Å². The molecule has 0 amide bonds. The quantitative estimate of drug-likeness (QED) is 0.627. The predicted molar refractivity (Wildman–Crippen MR) is 97.2 cm³/mol. The molecule has 0 aliphatic heterocycles. The minimum Gasteiger partial charge on any atom is -0.489 e. The lowest BCUT2D eigenvalue weighted by Crippen LogP contribution is -2.09. The summed E-state index contributed by atoms with van der Waals surface area (Å²) in [6.07, 6.45) is 0.172. The second-order valence-electron chi connectivity index (χ2n) is 5.40. The molecule has 0 atom stereocenters. The number of aromatic nitrogens is 1. The molecule has 0 radical (unpaired) electrons. The van der Waals surface area contributed by atoms with Crippen LogP contribution in [-0.4, -0.2) is 17.7 Å². The molecule has 0 aliphatic carbocycles. The number of hydrogen-bond donors (Lipinski definition) is 1. The number of nitrogen functional groups attached to an aromatic ring is 1. The number of para-hydroxylation sites is 1. The minimum atomic E-state index is -0.278. The van der Waals surface area contributed by atoms with Gasteiger partial charge in [-0.1, -0.05) is 23.4 Å². The molecule has 0 spiro atoms. The first-order chi connectivity index (χ1) is 12.1. The number of benzene rings is 2. The van der Waals surface area contributed by atoms with Crippen LogP contribution in [0.2, 0.25) is 0 Å². The number of esters is 1. The van der Waals surface area contributed by atoms with Crippen LogP contribution in [0.1, 0.15) is 18.1 Å². The lowest BCUT2D eigenvalue weighted by molar-refractivity contribution is -0.142. The molecule has 0 saturated heterocycles. The van der Waals surface area contributed by atoms with Gasteiger partial charge in [0.05, 0.1) is 22.9 Å². The van der Waals surface area contributed by atoms with Crippen LogP contribution in [-0.2, 0) is 22.6 Å². The zero-order chi connectivity index (χ0) is 17.8. The van der Waals surface area contributed by atoms with Crippen LogP contribution in [0.4, 0.5) is 5.82 Å². The number of carbonyl (C=O) groups excluding carboxylic acids is 1. The SMILES string of the molecule is CCOC(=O)Cc1ccccc1OCc1cc(Br)c2onc(N)c2c1. The summed E-state index contributed by atoms with van der Waals surface area (Å²) in [6, 6.07) is 11.2. The summed E-state index contributed by atoms with van der Waals surface area (Å²) in [4.78, 5) is 11.7. The second kappa shape index (κ2) is 7.57. The van der Waals surface area contributed by atoms with Crippen LogP contribution in [0.5, 0.6) is 5.75 Å². The van der Waals surface area contributed by atoms with Gasteiger partial charge in [-0.25, -0.2) is 0 Å². The summed E-state index contributed by atoms with van der Waals surface area (Å²) in [6.45, 7) is 2.46. The minimum absolute atomic E-state index is 0.172. The van der Waals surface area contributed by atoms with E-state index in [1.807, 2.05) is 36.4 Å². The number of rotatable bonds is 6. The molecular weight excluding hydrogens is 388 g/mol. The first-order valence-electron chi connectivity index (χ1n) is 7.78. The molecule has 7 heteroatoms. The van der Waals surface area contributed by atoms with Crippen LogP contribution in [0.25, 0.3) is 11.0 Å². The number of carbonyl (C=O) groups is 1. The Hall–Kier alpha value is -2.54. The van der Waals surface area contributed by atoms with E-state index in [0.29, 0.717) is 30.4 Å². The Labute approximate surface area is 153 Å². The molecule has 3 aromatic rings. The van der Waals surface area contributed by atoms with E-state index in [1.54, 1.807) is 6.92 Å². The number of halogens is 1. The van der Waals surface area contributed by atoms with Gasteiger partial charge in [0.25, 0.3) is 0 Å². The van der Waals surface area contributed by atoms with Gasteiger partial charge >= 0.3 is 5.97 Å². The Morgan fingerprint density at radius 3 is 2.92 bits per heavy atom. The van der Waals surface area contributed by atoms with Crippen LogP contribution in [0.15, 0.2) is 45.4 Å². The van der Waals surface area contributed by atoms with Crippen molar-refractivity contribution in [2.75, 3.05) is 12.3 Å². The first-order valence-corrected chi connectivity index (χ1v) is 8.57. The van der Waals surface area contributed by atoms with E-state index in [1.165, 1.54) is 0 Å². The highest BCUT2D eigenvalue weighted by molar-refractivity contribution is 9.10.